The molecule has 0 amide bonds. The highest BCUT2D eigenvalue weighted by Crippen LogP contribution is 2.16. The van der Waals surface area contributed by atoms with Crippen molar-refractivity contribution in [3.63, 3.8) is 0 Å². The van der Waals surface area contributed by atoms with Gasteiger partial charge in [0.1, 0.15) is 6.61 Å². The summed E-state index contributed by atoms with van der Waals surface area (Å²) in [6.45, 7) is 2.24. The Morgan fingerprint density at radius 1 is 1.28 bits per heavy atom. The zero-order valence-electron chi connectivity index (χ0n) is 10.4. The van der Waals surface area contributed by atoms with Gasteiger partial charge in [0, 0.05) is 0 Å². The van der Waals surface area contributed by atoms with Crippen molar-refractivity contribution >= 4 is 5.97 Å². The number of ether oxygens (including phenoxy) is 1. The molecule has 2 nitrogen and oxygen atoms in total. The minimum absolute atomic E-state index is 0.253. The fourth-order valence-electron chi connectivity index (χ4n) is 1.77. The van der Waals surface area contributed by atoms with Crippen LogP contribution in [0.1, 0.15) is 18.9 Å². The first-order chi connectivity index (χ1) is 8.77. The normalized spacial score (nSPS) is 14.5. The van der Waals surface area contributed by atoms with Gasteiger partial charge in [-0.1, -0.05) is 54.6 Å². The van der Waals surface area contributed by atoms with Crippen LogP contribution in [0.25, 0.3) is 0 Å². The molecule has 0 N–H and O–H groups in total. The maximum absolute atomic E-state index is 12.0. The van der Waals surface area contributed by atoms with Gasteiger partial charge in [0.25, 0.3) is 0 Å². The van der Waals surface area contributed by atoms with Gasteiger partial charge in [-0.05, 0) is 24.5 Å². The van der Waals surface area contributed by atoms with E-state index in [1.807, 2.05) is 61.6 Å². The zero-order valence-corrected chi connectivity index (χ0v) is 10.4. The van der Waals surface area contributed by atoms with Gasteiger partial charge in [-0.25, -0.2) is 4.79 Å². The molecule has 2 heteroatoms. The number of benzene rings is 1. The van der Waals surface area contributed by atoms with E-state index >= 15 is 0 Å². The predicted octanol–water partition coefficient (Wildman–Crippen LogP) is 3.56. The summed E-state index contributed by atoms with van der Waals surface area (Å²) in [6.07, 6.45) is 8.58. The molecule has 1 aromatic rings. The molecule has 2 rings (SSSR count). The number of esters is 1. The van der Waals surface area contributed by atoms with Crippen LogP contribution in [0.5, 0.6) is 0 Å². The average Bonchev–Trinajstić information content (AvgIpc) is 2.62. The van der Waals surface area contributed by atoms with Crippen LogP contribution in [0.15, 0.2) is 65.8 Å². The van der Waals surface area contributed by atoms with Crippen molar-refractivity contribution in [2.75, 3.05) is 0 Å². The quantitative estimate of drug-likeness (QED) is 0.755. The molecule has 0 unspecified atom stereocenters. The Morgan fingerprint density at radius 2 is 2.06 bits per heavy atom. The van der Waals surface area contributed by atoms with E-state index in [1.165, 1.54) is 0 Å². The molecule has 0 aromatic heterocycles. The Morgan fingerprint density at radius 3 is 2.83 bits per heavy atom. The molecule has 0 bridgehead atoms. The summed E-state index contributed by atoms with van der Waals surface area (Å²) < 4.78 is 5.32. The summed E-state index contributed by atoms with van der Waals surface area (Å²) in [5, 5.41) is 0. The van der Waals surface area contributed by atoms with Gasteiger partial charge < -0.3 is 4.74 Å². The molecule has 0 spiro atoms. The van der Waals surface area contributed by atoms with Crippen molar-refractivity contribution in [2.24, 2.45) is 0 Å². The number of allylic oxidation sites excluding steroid dienone is 4. The average molecular weight is 240 g/mol. The number of carbonyl (C=O) groups excluding carboxylic acids is 1. The number of rotatable bonds is 3. The Hall–Kier alpha value is -2.09. The topological polar surface area (TPSA) is 26.3 Å². The van der Waals surface area contributed by atoms with Gasteiger partial charge in [0.2, 0.25) is 0 Å². The van der Waals surface area contributed by atoms with Crippen LogP contribution in [0.3, 0.4) is 0 Å². The smallest absolute Gasteiger partial charge is 0.338 e. The largest absolute Gasteiger partial charge is 0.457 e. The fraction of sp³-hybridized carbons (Fsp3) is 0.188. The van der Waals surface area contributed by atoms with Crippen LogP contribution in [0, 0.1) is 0 Å². The van der Waals surface area contributed by atoms with Crippen molar-refractivity contribution in [1.29, 1.82) is 0 Å². The van der Waals surface area contributed by atoms with Crippen LogP contribution in [-0.4, -0.2) is 5.97 Å². The van der Waals surface area contributed by atoms with E-state index in [-0.39, 0.29) is 5.97 Å². The summed E-state index contributed by atoms with van der Waals surface area (Å²) in [6, 6.07) is 9.70. The highest BCUT2D eigenvalue weighted by atomic mass is 16.5. The second-order valence-electron chi connectivity index (χ2n) is 4.19. The van der Waals surface area contributed by atoms with Crippen molar-refractivity contribution in [2.45, 2.75) is 20.0 Å². The highest BCUT2D eigenvalue weighted by Gasteiger charge is 2.13. The lowest BCUT2D eigenvalue weighted by atomic mass is 10.1. The van der Waals surface area contributed by atoms with Crippen LogP contribution in [-0.2, 0) is 16.1 Å². The van der Waals surface area contributed by atoms with Gasteiger partial charge >= 0.3 is 5.97 Å². The molecule has 0 fully saturated rings. The van der Waals surface area contributed by atoms with Crippen molar-refractivity contribution < 1.29 is 9.53 Å². The van der Waals surface area contributed by atoms with E-state index in [1.54, 1.807) is 0 Å². The monoisotopic (exact) mass is 240 g/mol. The Balaban J connectivity index is 1.98. The zero-order chi connectivity index (χ0) is 12.8. The highest BCUT2D eigenvalue weighted by molar-refractivity contribution is 5.93. The maximum atomic E-state index is 12.0. The summed E-state index contributed by atoms with van der Waals surface area (Å²) >= 11 is 0. The SMILES string of the molecule is CC1=CC=CCC=C1C(=O)OCc1ccccc1. The third-order valence-electron chi connectivity index (χ3n) is 2.80. The minimum atomic E-state index is -0.253. The number of carbonyl (C=O) groups is 1. The first-order valence-electron chi connectivity index (χ1n) is 6.02. The lowest BCUT2D eigenvalue weighted by Gasteiger charge is -2.08. The predicted molar refractivity (Wildman–Crippen MR) is 71.8 cm³/mol. The molecule has 0 atom stereocenters. The number of hydrogen-bond donors (Lipinski definition) is 0. The van der Waals surface area contributed by atoms with E-state index in [9.17, 15) is 4.79 Å². The lowest BCUT2D eigenvalue weighted by Crippen LogP contribution is -2.09. The molecular formula is C16H16O2. The van der Waals surface area contributed by atoms with E-state index < -0.39 is 0 Å². The van der Waals surface area contributed by atoms with E-state index in [4.69, 9.17) is 4.74 Å². The molecule has 1 aliphatic rings. The van der Waals surface area contributed by atoms with Gasteiger partial charge in [-0.15, -0.1) is 0 Å². The van der Waals surface area contributed by atoms with Gasteiger partial charge in [-0.2, -0.15) is 0 Å². The molecule has 0 saturated heterocycles. The Kier molecular flexibility index (Phi) is 4.13. The van der Waals surface area contributed by atoms with Crippen LogP contribution >= 0.6 is 0 Å². The Labute approximate surface area is 107 Å². The Bertz CT molecular complexity index is 507. The van der Waals surface area contributed by atoms with Gasteiger partial charge in [0.15, 0.2) is 0 Å². The van der Waals surface area contributed by atoms with E-state index in [0.29, 0.717) is 12.2 Å². The third-order valence-corrected chi connectivity index (χ3v) is 2.80. The fourth-order valence-corrected chi connectivity index (χ4v) is 1.77. The van der Waals surface area contributed by atoms with Crippen LogP contribution < -0.4 is 0 Å². The molecule has 92 valence electrons. The van der Waals surface area contributed by atoms with Gasteiger partial charge in [0.05, 0.1) is 5.57 Å². The van der Waals surface area contributed by atoms with Crippen molar-refractivity contribution in [3.05, 3.63) is 71.3 Å². The number of hydrogen-bond acceptors (Lipinski definition) is 2. The first-order valence-corrected chi connectivity index (χ1v) is 6.02. The second-order valence-corrected chi connectivity index (χ2v) is 4.19. The third kappa shape index (κ3) is 3.20. The van der Waals surface area contributed by atoms with Crippen LogP contribution in [0.4, 0.5) is 0 Å². The summed E-state index contributed by atoms with van der Waals surface area (Å²) in [7, 11) is 0. The molecule has 0 radical (unpaired) electrons. The molecule has 1 aromatic carbocycles. The molecule has 18 heavy (non-hydrogen) atoms. The van der Waals surface area contributed by atoms with E-state index in [0.717, 1.165) is 17.6 Å². The molecular weight excluding hydrogens is 224 g/mol. The molecule has 0 aliphatic heterocycles. The summed E-state index contributed by atoms with van der Waals surface area (Å²) in [5.41, 5.74) is 2.61. The summed E-state index contributed by atoms with van der Waals surface area (Å²) in [4.78, 5) is 12.0. The standard InChI is InChI=1S/C16H16O2/c1-13-8-4-2-7-11-15(13)16(17)18-12-14-9-5-3-6-10-14/h2-6,8-11H,7,12H2,1H3. The van der Waals surface area contributed by atoms with Crippen molar-refractivity contribution in [3.8, 4) is 0 Å². The first kappa shape index (κ1) is 12.4. The van der Waals surface area contributed by atoms with Gasteiger partial charge in [-0.3, -0.25) is 0 Å². The maximum Gasteiger partial charge on any atom is 0.338 e. The second kappa shape index (κ2) is 6.01. The van der Waals surface area contributed by atoms with E-state index in [2.05, 4.69) is 0 Å². The molecule has 0 heterocycles. The summed E-state index contributed by atoms with van der Waals surface area (Å²) in [5.74, 6) is -0.253. The molecule has 1 aliphatic carbocycles. The minimum Gasteiger partial charge on any atom is -0.457 e. The molecule has 0 saturated carbocycles. The lowest BCUT2D eigenvalue weighted by molar-refractivity contribution is -0.140. The van der Waals surface area contributed by atoms with Crippen LogP contribution in [0.2, 0.25) is 0 Å². The van der Waals surface area contributed by atoms with Crippen molar-refractivity contribution in [1.82, 2.24) is 0 Å².